The minimum absolute atomic E-state index is 0.0989. The predicted molar refractivity (Wildman–Crippen MR) is 84.8 cm³/mol. The van der Waals surface area contributed by atoms with Gasteiger partial charge < -0.3 is 10.5 Å². The van der Waals surface area contributed by atoms with E-state index < -0.39 is 0 Å². The van der Waals surface area contributed by atoms with Crippen molar-refractivity contribution in [2.75, 3.05) is 13.7 Å². The molecule has 0 bridgehead atoms. The highest BCUT2D eigenvalue weighted by molar-refractivity contribution is 5.98. The molecule has 0 fully saturated rings. The van der Waals surface area contributed by atoms with Gasteiger partial charge in [-0.1, -0.05) is 42.5 Å². The summed E-state index contributed by atoms with van der Waals surface area (Å²) in [5.41, 5.74) is 7.68. The first-order valence-corrected chi connectivity index (χ1v) is 7.17. The van der Waals surface area contributed by atoms with Crippen molar-refractivity contribution in [1.29, 1.82) is 0 Å². The van der Waals surface area contributed by atoms with Crippen LogP contribution in [0.3, 0.4) is 0 Å². The maximum absolute atomic E-state index is 12.4. The molecule has 110 valence electrons. The van der Waals surface area contributed by atoms with E-state index in [1.807, 2.05) is 36.4 Å². The molecule has 0 heterocycles. The van der Waals surface area contributed by atoms with Gasteiger partial charge in [-0.25, -0.2) is 0 Å². The molecule has 3 nitrogen and oxygen atoms in total. The van der Waals surface area contributed by atoms with Crippen LogP contribution in [0.4, 0.5) is 0 Å². The number of hydrogen-bond acceptors (Lipinski definition) is 3. The van der Waals surface area contributed by atoms with Crippen molar-refractivity contribution >= 4 is 5.78 Å². The van der Waals surface area contributed by atoms with Crippen molar-refractivity contribution in [2.24, 2.45) is 5.73 Å². The third kappa shape index (κ3) is 3.92. The van der Waals surface area contributed by atoms with Gasteiger partial charge in [0.05, 0.1) is 12.7 Å². The van der Waals surface area contributed by atoms with Crippen LogP contribution in [0.1, 0.15) is 34.7 Å². The summed E-state index contributed by atoms with van der Waals surface area (Å²) in [6.45, 7) is 0.545. The fourth-order valence-electron chi connectivity index (χ4n) is 2.46. The van der Waals surface area contributed by atoms with Gasteiger partial charge in [0, 0.05) is 6.42 Å². The van der Waals surface area contributed by atoms with Gasteiger partial charge >= 0.3 is 0 Å². The zero-order valence-corrected chi connectivity index (χ0v) is 12.3. The van der Waals surface area contributed by atoms with E-state index in [1.54, 1.807) is 13.2 Å². The molecule has 2 aromatic rings. The number of para-hydroxylation sites is 1. The van der Waals surface area contributed by atoms with Crippen molar-refractivity contribution in [3.63, 3.8) is 0 Å². The summed E-state index contributed by atoms with van der Waals surface area (Å²) < 4.78 is 5.24. The Hall–Kier alpha value is -2.13. The maximum Gasteiger partial charge on any atom is 0.166 e. The smallest absolute Gasteiger partial charge is 0.166 e. The Morgan fingerprint density at radius 3 is 2.43 bits per heavy atom. The fraction of sp³-hybridized carbons (Fsp3) is 0.278. The lowest BCUT2D eigenvalue weighted by Gasteiger charge is -2.15. The predicted octanol–water partition coefficient (Wildman–Crippen LogP) is 3.40. The van der Waals surface area contributed by atoms with E-state index in [4.69, 9.17) is 10.5 Å². The number of Topliss-reactive ketones (excluding diaryl/α,β-unsaturated/α-hetero) is 1. The normalized spacial score (nSPS) is 11.9. The highest BCUT2D eigenvalue weighted by atomic mass is 16.5. The lowest BCUT2D eigenvalue weighted by Crippen LogP contribution is -2.14. The van der Waals surface area contributed by atoms with Gasteiger partial charge in [-0.3, -0.25) is 4.79 Å². The molecule has 21 heavy (non-hydrogen) atoms. The summed E-state index contributed by atoms with van der Waals surface area (Å²) in [5, 5.41) is 0. The Morgan fingerprint density at radius 1 is 1.10 bits per heavy atom. The Bertz CT molecular complexity index is 581. The first kappa shape index (κ1) is 15.3. The van der Waals surface area contributed by atoms with Crippen LogP contribution in [0.25, 0.3) is 0 Å². The molecule has 0 aliphatic rings. The van der Waals surface area contributed by atoms with Crippen LogP contribution in [-0.2, 0) is 0 Å². The second kappa shape index (κ2) is 7.60. The third-order valence-electron chi connectivity index (χ3n) is 3.68. The molecule has 0 radical (unpaired) electrons. The molecule has 2 aromatic carbocycles. The molecule has 0 unspecified atom stereocenters. The highest BCUT2D eigenvalue weighted by Crippen LogP contribution is 2.24. The first-order chi connectivity index (χ1) is 10.3. The summed E-state index contributed by atoms with van der Waals surface area (Å²) in [5.74, 6) is 0.943. The van der Waals surface area contributed by atoms with E-state index in [1.165, 1.54) is 5.56 Å². The monoisotopic (exact) mass is 283 g/mol. The molecule has 2 N–H and O–H groups in total. The van der Waals surface area contributed by atoms with E-state index in [0.29, 0.717) is 24.3 Å². The van der Waals surface area contributed by atoms with Crippen molar-refractivity contribution in [3.05, 3.63) is 65.7 Å². The number of ether oxygens (including phenoxy) is 1. The van der Waals surface area contributed by atoms with E-state index in [-0.39, 0.29) is 11.7 Å². The van der Waals surface area contributed by atoms with E-state index in [2.05, 4.69) is 12.1 Å². The number of carbonyl (C=O) groups excluding carboxylic acids is 1. The first-order valence-electron chi connectivity index (χ1n) is 7.17. The molecule has 0 spiro atoms. The quantitative estimate of drug-likeness (QED) is 0.792. The zero-order valence-electron chi connectivity index (χ0n) is 12.3. The largest absolute Gasteiger partial charge is 0.496 e. The van der Waals surface area contributed by atoms with Crippen LogP contribution < -0.4 is 10.5 Å². The molecule has 3 heteroatoms. The molecule has 2 rings (SSSR count). The number of carbonyl (C=O) groups is 1. The average molecular weight is 283 g/mol. The molecule has 0 saturated carbocycles. The van der Waals surface area contributed by atoms with Crippen molar-refractivity contribution in [3.8, 4) is 5.75 Å². The number of methoxy groups -OCH3 is 1. The van der Waals surface area contributed by atoms with Gasteiger partial charge in [-0.05, 0) is 36.6 Å². The van der Waals surface area contributed by atoms with Crippen LogP contribution in [0.5, 0.6) is 5.75 Å². The summed E-state index contributed by atoms with van der Waals surface area (Å²) in [4.78, 5) is 12.4. The Kier molecular flexibility index (Phi) is 5.52. The van der Waals surface area contributed by atoms with E-state index in [0.717, 1.165) is 6.42 Å². The Morgan fingerprint density at radius 2 is 1.76 bits per heavy atom. The minimum atomic E-state index is 0.0989. The standard InChI is InChI=1S/C18H21NO2/c1-21-18-10-6-5-9-16(18)17(20)12-11-15(13-19)14-7-3-2-4-8-14/h2-10,15H,11-13,19H2,1H3/t15-/m0/s1. The summed E-state index contributed by atoms with van der Waals surface area (Å²) in [7, 11) is 1.58. The number of rotatable bonds is 7. The fourth-order valence-corrected chi connectivity index (χ4v) is 2.46. The van der Waals surface area contributed by atoms with Crippen LogP contribution >= 0.6 is 0 Å². The maximum atomic E-state index is 12.4. The molecule has 0 saturated heterocycles. The van der Waals surface area contributed by atoms with Crippen molar-refractivity contribution < 1.29 is 9.53 Å². The van der Waals surface area contributed by atoms with Gasteiger partial charge in [-0.2, -0.15) is 0 Å². The molecular formula is C18H21NO2. The third-order valence-corrected chi connectivity index (χ3v) is 3.68. The van der Waals surface area contributed by atoms with Crippen LogP contribution in [-0.4, -0.2) is 19.4 Å². The summed E-state index contributed by atoms with van der Waals surface area (Å²) in [6, 6.07) is 17.4. The average Bonchev–Trinajstić information content (AvgIpc) is 2.56. The molecule has 0 aromatic heterocycles. The number of nitrogens with two attached hydrogens (primary N) is 1. The second-order valence-electron chi connectivity index (χ2n) is 5.01. The Labute approximate surface area is 125 Å². The highest BCUT2D eigenvalue weighted by Gasteiger charge is 2.15. The van der Waals surface area contributed by atoms with E-state index in [9.17, 15) is 4.79 Å². The SMILES string of the molecule is COc1ccccc1C(=O)CC[C@@H](CN)c1ccccc1. The van der Waals surface area contributed by atoms with Crippen molar-refractivity contribution in [2.45, 2.75) is 18.8 Å². The van der Waals surface area contributed by atoms with Gasteiger partial charge in [0.25, 0.3) is 0 Å². The Balaban J connectivity index is 2.03. The van der Waals surface area contributed by atoms with Crippen LogP contribution in [0.2, 0.25) is 0 Å². The number of hydrogen-bond donors (Lipinski definition) is 1. The van der Waals surface area contributed by atoms with E-state index >= 15 is 0 Å². The van der Waals surface area contributed by atoms with Crippen LogP contribution in [0.15, 0.2) is 54.6 Å². The van der Waals surface area contributed by atoms with Gasteiger partial charge in [0.15, 0.2) is 5.78 Å². The zero-order chi connectivity index (χ0) is 15.1. The lowest BCUT2D eigenvalue weighted by molar-refractivity contribution is 0.0974. The number of benzene rings is 2. The van der Waals surface area contributed by atoms with Gasteiger partial charge in [0.2, 0.25) is 0 Å². The topological polar surface area (TPSA) is 52.3 Å². The van der Waals surface area contributed by atoms with Crippen molar-refractivity contribution in [1.82, 2.24) is 0 Å². The second-order valence-corrected chi connectivity index (χ2v) is 5.01. The molecule has 1 atom stereocenters. The summed E-state index contributed by atoms with van der Waals surface area (Å²) >= 11 is 0. The molecule has 0 amide bonds. The molecule has 0 aliphatic heterocycles. The lowest BCUT2D eigenvalue weighted by atomic mass is 9.92. The molecule has 0 aliphatic carbocycles. The van der Waals surface area contributed by atoms with Gasteiger partial charge in [0.1, 0.15) is 5.75 Å². The minimum Gasteiger partial charge on any atom is -0.496 e. The van der Waals surface area contributed by atoms with Gasteiger partial charge in [-0.15, -0.1) is 0 Å². The van der Waals surface area contributed by atoms with Crippen LogP contribution in [0, 0.1) is 0 Å². The summed E-state index contributed by atoms with van der Waals surface area (Å²) in [6.07, 6.45) is 1.22. The number of ketones is 1. The molecular weight excluding hydrogens is 262 g/mol.